The highest BCUT2D eigenvalue weighted by atomic mass is 31.2. The molecule has 534 valence electrons. The number of aliphatic hydroxyl groups is 1. The quantitative estimate of drug-likeness (QED) is 0.0222. The van der Waals surface area contributed by atoms with Gasteiger partial charge in [-0.1, -0.05) is 317 Å². The Labute approximate surface area is 549 Å². The molecule has 0 aliphatic heterocycles. The lowest BCUT2D eigenvalue weighted by Crippen LogP contribution is -2.30. The maximum Gasteiger partial charge on any atom is 0.472 e. The van der Waals surface area contributed by atoms with Gasteiger partial charge < -0.3 is 33.8 Å². The van der Waals surface area contributed by atoms with E-state index in [0.29, 0.717) is 25.7 Å². The lowest BCUT2D eigenvalue weighted by Gasteiger charge is -2.21. The molecule has 0 fully saturated rings. The van der Waals surface area contributed by atoms with E-state index in [2.05, 4.69) is 34.6 Å². The van der Waals surface area contributed by atoms with Crippen LogP contribution in [0.2, 0.25) is 0 Å². The van der Waals surface area contributed by atoms with E-state index in [1.807, 2.05) is 0 Å². The minimum absolute atomic E-state index is 0.107. The van der Waals surface area contributed by atoms with Gasteiger partial charge in [-0.05, 0) is 31.6 Å². The molecular weight excluding hydrogens is 1190 g/mol. The molecule has 3 N–H and O–H groups in total. The summed E-state index contributed by atoms with van der Waals surface area (Å²) in [4.78, 5) is 72.3. The van der Waals surface area contributed by atoms with Crippen LogP contribution in [0.1, 0.15) is 369 Å². The normalized spacial score (nSPS) is 14.1. The monoisotopic (exact) mass is 1320 g/mol. The summed E-state index contributed by atoms with van der Waals surface area (Å²) in [6.45, 7) is 7.18. The average molecular weight is 1330 g/mol. The number of phosphoric ester groups is 2. The highest BCUT2D eigenvalue weighted by Gasteiger charge is 2.30. The van der Waals surface area contributed by atoms with E-state index in [-0.39, 0.29) is 25.7 Å². The molecule has 0 radical (unpaired) electrons. The van der Waals surface area contributed by atoms with Gasteiger partial charge in [0, 0.05) is 25.7 Å². The molecular formula is C71H138O17P2. The van der Waals surface area contributed by atoms with Crippen LogP contribution in [-0.4, -0.2) is 96.7 Å². The Morgan fingerprint density at radius 2 is 0.511 bits per heavy atom. The van der Waals surface area contributed by atoms with Gasteiger partial charge in [-0.25, -0.2) is 9.13 Å². The number of aliphatic hydroxyl groups excluding tert-OH is 1. The zero-order chi connectivity index (χ0) is 66.3. The van der Waals surface area contributed by atoms with Gasteiger partial charge in [-0.15, -0.1) is 0 Å². The van der Waals surface area contributed by atoms with E-state index in [9.17, 15) is 43.2 Å². The predicted octanol–water partition coefficient (Wildman–Crippen LogP) is 20.5. The number of hydrogen-bond acceptors (Lipinski definition) is 15. The molecule has 19 heteroatoms. The first-order valence-electron chi connectivity index (χ1n) is 37.1. The Morgan fingerprint density at radius 1 is 0.300 bits per heavy atom. The molecule has 0 spiro atoms. The van der Waals surface area contributed by atoms with Crippen molar-refractivity contribution in [2.75, 3.05) is 39.6 Å². The number of phosphoric acid groups is 2. The van der Waals surface area contributed by atoms with Gasteiger partial charge in [0.25, 0.3) is 0 Å². The third-order valence-electron chi connectivity index (χ3n) is 16.5. The number of ether oxygens (including phenoxy) is 4. The van der Waals surface area contributed by atoms with Crippen LogP contribution in [0.5, 0.6) is 0 Å². The van der Waals surface area contributed by atoms with Crippen molar-refractivity contribution >= 4 is 39.5 Å². The summed E-state index contributed by atoms with van der Waals surface area (Å²) >= 11 is 0. The zero-order valence-corrected chi connectivity index (χ0v) is 60.1. The second-order valence-electron chi connectivity index (χ2n) is 26.1. The number of carbonyl (C=O) groups is 4. The van der Waals surface area contributed by atoms with Crippen molar-refractivity contribution in [2.24, 2.45) is 5.92 Å². The van der Waals surface area contributed by atoms with Crippen LogP contribution < -0.4 is 0 Å². The van der Waals surface area contributed by atoms with Crippen molar-refractivity contribution in [1.82, 2.24) is 0 Å². The fraction of sp³-hybridized carbons (Fsp3) is 0.944. The molecule has 0 saturated heterocycles. The summed E-state index contributed by atoms with van der Waals surface area (Å²) in [5.74, 6) is -1.35. The SMILES string of the molecule is CCCCCCCCCCCCCCCCCCCCC(=O)O[C@H](COC(=O)CCCCCCCCCCCCCCC(C)C)COP(=O)(O)OC[C@@H](O)COP(=O)(O)OC[C@@H](COC(=O)CCCCCCC)OC(=O)CCCCCCCCCCCCCC. The van der Waals surface area contributed by atoms with Crippen LogP contribution in [0.3, 0.4) is 0 Å². The van der Waals surface area contributed by atoms with Gasteiger partial charge in [0.2, 0.25) is 0 Å². The molecule has 17 nitrogen and oxygen atoms in total. The maximum absolute atomic E-state index is 13.0. The Bertz CT molecular complexity index is 1740. The first-order valence-corrected chi connectivity index (χ1v) is 40.1. The van der Waals surface area contributed by atoms with Crippen LogP contribution in [0, 0.1) is 5.92 Å². The third kappa shape index (κ3) is 64.8. The largest absolute Gasteiger partial charge is 0.472 e. The van der Waals surface area contributed by atoms with Gasteiger partial charge in [0.1, 0.15) is 19.3 Å². The Hall–Kier alpha value is -1.94. The van der Waals surface area contributed by atoms with Gasteiger partial charge in [-0.2, -0.15) is 0 Å². The van der Waals surface area contributed by atoms with Crippen LogP contribution >= 0.6 is 15.6 Å². The lowest BCUT2D eigenvalue weighted by atomic mass is 10.0. The minimum Gasteiger partial charge on any atom is -0.462 e. The topological polar surface area (TPSA) is 237 Å². The average Bonchev–Trinajstić information content (AvgIpc) is 3.66. The molecule has 0 saturated carbocycles. The van der Waals surface area contributed by atoms with Gasteiger partial charge in [-0.3, -0.25) is 37.3 Å². The fourth-order valence-electron chi connectivity index (χ4n) is 10.8. The van der Waals surface area contributed by atoms with E-state index >= 15 is 0 Å². The smallest absolute Gasteiger partial charge is 0.462 e. The standard InChI is InChI=1S/C71H138O17P2/c1-6-9-12-15-17-19-21-23-24-25-26-27-28-34-38-42-47-52-57-71(76)88-67(61-82-69(74)55-50-45-40-36-33-30-29-31-35-39-44-48-53-64(4)5)63-86-90(79,80)84-59-65(72)58-83-89(77,78)85-62-66(60-81-68(73)54-49-43-14-11-8-3)87-70(75)56-51-46-41-37-32-22-20-18-16-13-10-7-2/h64-67,72H,6-63H2,1-5H3,(H,77,78)(H,79,80)/t65-,66+,67+/m0/s1. The Balaban J connectivity index is 5.15. The summed E-state index contributed by atoms with van der Waals surface area (Å²) in [5, 5.41) is 10.6. The molecule has 0 aromatic heterocycles. The van der Waals surface area contributed by atoms with Gasteiger partial charge in [0.05, 0.1) is 26.4 Å². The second kappa shape index (κ2) is 64.4. The zero-order valence-electron chi connectivity index (χ0n) is 58.3. The summed E-state index contributed by atoms with van der Waals surface area (Å²) in [7, 11) is -9.89. The summed E-state index contributed by atoms with van der Waals surface area (Å²) in [6, 6.07) is 0. The van der Waals surface area contributed by atoms with Crippen LogP contribution in [0.15, 0.2) is 0 Å². The molecule has 0 aromatic rings. The summed E-state index contributed by atoms with van der Waals surface area (Å²) < 4.78 is 68.1. The molecule has 5 atom stereocenters. The molecule has 0 amide bonds. The van der Waals surface area contributed by atoms with E-state index in [1.165, 1.54) is 186 Å². The number of esters is 4. The highest BCUT2D eigenvalue weighted by molar-refractivity contribution is 7.47. The number of hydrogen-bond donors (Lipinski definition) is 3. The third-order valence-corrected chi connectivity index (χ3v) is 18.4. The van der Waals surface area contributed by atoms with E-state index < -0.39 is 97.5 Å². The summed E-state index contributed by atoms with van der Waals surface area (Å²) in [5.41, 5.74) is 0. The van der Waals surface area contributed by atoms with Crippen LogP contribution in [-0.2, 0) is 65.4 Å². The van der Waals surface area contributed by atoms with Crippen LogP contribution in [0.25, 0.3) is 0 Å². The van der Waals surface area contributed by atoms with Crippen molar-refractivity contribution in [1.29, 1.82) is 0 Å². The number of unbranched alkanes of at least 4 members (excludes halogenated alkanes) is 43. The first-order chi connectivity index (χ1) is 43.5. The predicted molar refractivity (Wildman–Crippen MR) is 363 cm³/mol. The second-order valence-corrected chi connectivity index (χ2v) is 29.0. The molecule has 0 bridgehead atoms. The summed E-state index contributed by atoms with van der Waals surface area (Å²) in [6.07, 6.45) is 51.7. The number of rotatable bonds is 71. The first kappa shape index (κ1) is 88.1. The van der Waals surface area contributed by atoms with Gasteiger partial charge in [0.15, 0.2) is 12.2 Å². The van der Waals surface area contributed by atoms with Gasteiger partial charge >= 0.3 is 39.5 Å². The maximum atomic E-state index is 13.0. The highest BCUT2D eigenvalue weighted by Crippen LogP contribution is 2.45. The van der Waals surface area contributed by atoms with Crippen molar-refractivity contribution in [3.63, 3.8) is 0 Å². The van der Waals surface area contributed by atoms with Crippen LogP contribution in [0.4, 0.5) is 0 Å². The van der Waals surface area contributed by atoms with E-state index in [0.717, 1.165) is 102 Å². The molecule has 0 heterocycles. The van der Waals surface area contributed by atoms with E-state index in [4.69, 9.17) is 37.0 Å². The molecule has 0 aliphatic rings. The van der Waals surface area contributed by atoms with Crippen molar-refractivity contribution < 1.29 is 80.2 Å². The van der Waals surface area contributed by atoms with Crippen molar-refractivity contribution in [2.45, 2.75) is 387 Å². The molecule has 0 rings (SSSR count). The molecule has 0 aliphatic carbocycles. The molecule has 90 heavy (non-hydrogen) atoms. The fourth-order valence-corrected chi connectivity index (χ4v) is 12.4. The molecule has 2 unspecified atom stereocenters. The van der Waals surface area contributed by atoms with Crippen molar-refractivity contribution in [3.8, 4) is 0 Å². The van der Waals surface area contributed by atoms with E-state index in [1.54, 1.807) is 0 Å². The number of carbonyl (C=O) groups excluding carboxylic acids is 4. The molecule has 0 aromatic carbocycles. The minimum atomic E-state index is -4.95. The Kier molecular flexibility index (Phi) is 63.0. The lowest BCUT2D eigenvalue weighted by molar-refractivity contribution is -0.161. The van der Waals surface area contributed by atoms with Crippen molar-refractivity contribution in [3.05, 3.63) is 0 Å². The Morgan fingerprint density at radius 3 is 0.756 bits per heavy atom.